The molecule has 0 aromatic carbocycles. The van der Waals surface area contributed by atoms with Crippen molar-refractivity contribution in [2.45, 2.75) is 13.3 Å². The minimum atomic E-state index is -0.302. The van der Waals surface area contributed by atoms with Gasteiger partial charge < -0.3 is 15.2 Å². The lowest BCUT2D eigenvalue weighted by atomic mass is 10.2. The quantitative estimate of drug-likeness (QED) is 0.368. The third-order valence-corrected chi connectivity index (χ3v) is 5.67. The maximum absolute atomic E-state index is 13.1. The molecule has 2 aromatic heterocycles. The number of thioether (sulfide) groups is 1. The lowest BCUT2D eigenvalue weighted by Crippen LogP contribution is -2.29. The van der Waals surface area contributed by atoms with Crippen molar-refractivity contribution in [3.63, 3.8) is 0 Å². The van der Waals surface area contributed by atoms with E-state index in [1.165, 1.54) is 15.4 Å². The maximum atomic E-state index is 13.1. The summed E-state index contributed by atoms with van der Waals surface area (Å²) in [5.74, 6) is 0.0792. The number of carbonyl (C=O) groups is 1. The van der Waals surface area contributed by atoms with Crippen molar-refractivity contribution in [3.05, 3.63) is 44.7 Å². The van der Waals surface area contributed by atoms with Gasteiger partial charge in [-0.25, -0.2) is 4.98 Å². The Morgan fingerprint density at radius 2 is 2.17 bits per heavy atom. The highest BCUT2D eigenvalue weighted by Crippen LogP contribution is 2.33. The number of amides is 1. The number of rotatable bonds is 8. The van der Waals surface area contributed by atoms with Gasteiger partial charge in [0, 0.05) is 33.0 Å². The first-order valence-corrected chi connectivity index (χ1v) is 10.3. The molecule has 0 aliphatic carbocycles. The van der Waals surface area contributed by atoms with Gasteiger partial charge >= 0.3 is 0 Å². The molecule has 0 radical (unpaired) electrons. The maximum Gasteiger partial charge on any atom is 0.267 e. The largest absolute Gasteiger partial charge is 0.395 e. The van der Waals surface area contributed by atoms with Gasteiger partial charge in [0.15, 0.2) is 0 Å². The molecule has 154 valence electrons. The van der Waals surface area contributed by atoms with E-state index in [0.717, 1.165) is 17.3 Å². The standard InChI is InChI=1S/C19H22N4O4S2/c1-12-4-5-15-21-16(20-6-8-24)13(17(25)23(15)11-12)10-14-18(26)22(19(28)29-14)7-3-9-27-2/h4-5,10-11,20,24H,3,6-9H2,1-2H3/b14-10+. The second-order valence-electron chi connectivity index (χ2n) is 6.44. The highest BCUT2D eigenvalue weighted by atomic mass is 32.2. The van der Waals surface area contributed by atoms with Gasteiger partial charge in [0.05, 0.1) is 17.1 Å². The van der Waals surface area contributed by atoms with E-state index in [9.17, 15) is 9.59 Å². The zero-order valence-corrected chi connectivity index (χ0v) is 17.8. The summed E-state index contributed by atoms with van der Waals surface area (Å²) in [5, 5.41) is 12.1. The number of anilines is 1. The van der Waals surface area contributed by atoms with Crippen LogP contribution >= 0.6 is 24.0 Å². The number of thiocarbonyl (C=S) groups is 1. The van der Waals surface area contributed by atoms with E-state index in [-0.39, 0.29) is 30.2 Å². The van der Waals surface area contributed by atoms with Crippen molar-refractivity contribution in [1.29, 1.82) is 0 Å². The van der Waals surface area contributed by atoms with Crippen LogP contribution in [0, 0.1) is 6.92 Å². The molecular formula is C19H22N4O4S2. The number of aliphatic hydroxyl groups excluding tert-OH is 1. The Hall–Kier alpha value is -2.27. The van der Waals surface area contributed by atoms with Crippen LogP contribution in [-0.4, -0.2) is 63.0 Å². The van der Waals surface area contributed by atoms with Crippen molar-refractivity contribution in [1.82, 2.24) is 14.3 Å². The Labute approximate surface area is 177 Å². The molecule has 0 bridgehead atoms. The summed E-state index contributed by atoms with van der Waals surface area (Å²) < 4.78 is 6.93. The van der Waals surface area contributed by atoms with Crippen LogP contribution in [0.25, 0.3) is 11.7 Å². The Bertz CT molecular complexity index is 1030. The number of hydrogen-bond acceptors (Lipinski definition) is 8. The van der Waals surface area contributed by atoms with E-state index in [2.05, 4.69) is 10.3 Å². The number of aromatic nitrogens is 2. The molecule has 1 aliphatic rings. The molecule has 0 atom stereocenters. The SMILES string of the molecule is COCCCN1C(=O)/C(=C\c2c(NCCO)nc3ccc(C)cn3c2=O)SC1=S. The summed E-state index contributed by atoms with van der Waals surface area (Å²) >= 11 is 6.49. The third-order valence-electron chi connectivity index (χ3n) is 4.29. The molecule has 3 heterocycles. The van der Waals surface area contributed by atoms with Gasteiger partial charge in [0.1, 0.15) is 15.8 Å². The molecule has 1 fully saturated rings. The van der Waals surface area contributed by atoms with Gasteiger partial charge in [-0.15, -0.1) is 0 Å². The monoisotopic (exact) mass is 434 g/mol. The van der Waals surface area contributed by atoms with Gasteiger partial charge in [0.25, 0.3) is 11.5 Å². The number of aryl methyl sites for hydroxylation is 1. The van der Waals surface area contributed by atoms with Crippen molar-refractivity contribution in [3.8, 4) is 0 Å². The van der Waals surface area contributed by atoms with Crippen LogP contribution in [0.2, 0.25) is 0 Å². The fourth-order valence-electron chi connectivity index (χ4n) is 2.89. The van der Waals surface area contributed by atoms with E-state index in [0.29, 0.717) is 40.3 Å². The molecule has 10 heteroatoms. The number of carbonyl (C=O) groups excluding carboxylic acids is 1. The average molecular weight is 435 g/mol. The predicted molar refractivity (Wildman–Crippen MR) is 118 cm³/mol. The molecule has 0 spiro atoms. The van der Waals surface area contributed by atoms with Crippen LogP contribution in [0.1, 0.15) is 17.5 Å². The van der Waals surface area contributed by atoms with Gasteiger partial charge in [-0.2, -0.15) is 0 Å². The van der Waals surface area contributed by atoms with E-state index in [1.54, 1.807) is 19.4 Å². The Kier molecular flexibility index (Phi) is 7.01. The van der Waals surface area contributed by atoms with Crippen LogP contribution in [0.3, 0.4) is 0 Å². The molecule has 3 rings (SSSR count). The summed E-state index contributed by atoms with van der Waals surface area (Å²) in [4.78, 5) is 32.3. The minimum Gasteiger partial charge on any atom is -0.395 e. The lowest BCUT2D eigenvalue weighted by Gasteiger charge is -2.13. The fraction of sp³-hybridized carbons (Fsp3) is 0.368. The highest BCUT2D eigenvalue weighted by molar-refractivity contribution is 8.26. The van der Waals surface area contributed by atoms with Crippen molar-refractivity contribution >= 4 is 51.7 Å². The van der Waals surface area contributed by atoms with E-state index >= 15 is 0 Å². The number of aliphatic hydroxyl groups is 1. The van der Waals surface area contributed by atoms with Gasteiger partial charge in [-0.3, -0.25) is 18.9 Å². The van der Waals surface area contributed by atoms with E-state index < -0.39 is 0 Å². The summed E-state index contributed by atoms with van der Waals surface area (Å²) in [6.07, 6.45) is 3.90. The Morgan fingerprint density at radius 3 is 2.90 bits per heavy atom. The molecule has 1 aliphatic heterocycles. The highest BCUT2D eigenvalue weighted by Gasteiger charge is 2.32. The van der Waals surface area contributed by atoms with Crippen LogP contribution in [0.5, 0.6) is 0 Å². The Morgan fingerprint density at radius 1 is 1.38 bits per heavy atom. The zero-order chi connectivity index (χ0) is 21.0. The normalized spacial score (nSPS) is 15.7. The van der Waals surface area contributed by atoms with Crippen LogP contribution in [-0.2, 0) is 9.53 Å². The van der Waals surface area contributed by atoms with E-state index in [4.69, 9.17) is 22.1 Å². The number of methoxy groups -OCH3 is 1. The van der Waals surface area contributed by atoms with E-state index in [1.807, 2.05) is 13.0 Å². The summed E-state index contributed by atoms with van der Waals surface area (Å²) in [6, 6.07) is 3.61. The first-order valence-electron chi connectivity index (χ1n) is 9.08. The molecule has 2 aromatic rings. The second kappa shape index (κ2) is 9.49. The van der Waals surface area contributed by atoms with Crippen LogP contribution in [0.4, 0.5) is 5.82 Å². The molecular weight excluding hydrogens is 412 g/mol. The smallest absolute Gasteiger partial charge is 0.267 e. The van der Waals surface area contributed by atoms with Crippen LogP contribution < -0.4 is 10.9 Å². The molecule has 8 nitrogen and oxygen atoms in total. The summed E-state index contributed by atoms with van der Waals surface area (Å²) in [6.45, 7) is 2.98. The Balaban J connectivity index is 2.03. The van der Waals surface area contributed by atoms with Crippen LogP contribution in [0.15, 0.2) is 28.0 Å². The van der Waals surface area contributed by atoms with Crippen molar-refractivity contribution < 1.29 is 14.6 Å². The number of ether oxygens (including phenoxy) is 1. The topological polar surface area (TPSA) is 96.2 Å². The van der Waals surface area contributed by atoms with Gasteiger partial charge in [-0.05, 0) is 31.1 Å². The molecule has 0 saturated carbocycles. The number of nitrogens with zero attached hydrogens (tertiary/aromatic N) is 3. The molecule has 0 unspecified atom stereocenters. The van der Waals surface area contributed by atoms with Crippen molar-refractivity contribution in [2.75, 3.05) is 38.7 Å². The van der Waals surface area contributed by atoms with Crippen molar-refractivity contribution in [2.24, 2.45) is 0 Å². The van der Waals surface area contributed by atoms with Gasteiger partial charge in [-0.1, -0.05) is 30.0 Å². The first-order chi connectivity index (χ1) is 14.0. The number of pyridine rings is 1. The molecule has 1 amide bonds. The van der Waals surface area contributed by atoms with Gasteiger partial charge in [0.2, 0.25) is 0 Å². The average Bonchev–Trinajstić information content (AvgIpc) is 2.97. The number of nitrogens with one attached hydrogen (secondary N) is 1. The summed E-state index contributed by atoms with van der Waals surface area (Å²) in [5.41, 5.74) is 1.33. The molecule has 2 N–H and O–H groups in total. The predicted octanol–water partition coefficient (Wildman–Crippen LogP) is 1.64. The lowest BCUT2D eigenvalue weighted by molar-refractivity contribution is -0.122. The molecule has 29 heavy (non-hydrogen) atoms. The third kappa shape index (κ3) is 4.67. The fourth-order valence-corrected chi connectivity index (χ4v) is 4.18. The number of fused-ring (bicyclic) bond motifs is 1. The zero-order valence-electron chi connectivity index (χ0n) is 16.2. The molecule has 1 saturated heterocycles. The first kappa shape index (κ1) is 21.4. The summed E-state index contributed by atoms with van der Waals surface area (Å²) in [7, 11) is 1.60. The number of hydrogen-bond donors (Lipinski definition) is 2. The second-order valence-corrected chi connectivity index (χ2v) is 8.12. The minimum absolute atomic E-state index is 0.115.